The first-order chi connectivity index (χ1) is 9.08. The van der Waals surface area contributed by atoms with Gasteiger partial charge in [0.1, 0.15) is 6.61 Å². The van der Waals surface area contributed by atoms with Gasteiger partial charge in [0.2, 0.25) is 0 Å². The molecule has 0 aliphatic heterocycles. The van der Waals surface area contributed by atoms with Gasteiger partial charge in [0, 0.05) is 24.2 Å². The van der Waals surface area contributed by atoms with E-state index in [1.54, 1.807) is 10.6 Å². The Morgan fingerprint density at radius 3 is 2.74 bits per heavy atom. The van der Waals surface area contributed by atoms with Crippen molar-refractivity contribution in [3.05, 3.63) is 39.7 Å². The average Bonchev–Trinajstić information content (AvgIpc) is 2.81. The molecule has 100 valence electrons. The summed E-state index contributed by atoms with van der Waals surface area (Å²) in [6.07, 6.45) is 0. The van der Waals surface area contributed by atoms with Crippen LogP contribution in [-0.4, -0.2) is 24.8 Å². The maximum absolute atomic E-state index is 10.8. The van der Waals surface area contributed by atoms with Gasteiger partial charge in [-0.1, -0.05) is 6.07 Å². The zero-order valence-electron chi connectivity index (χ0n) is 10.7. The number of aryl methyl sites for hydroxylation is 1. The van der Waals surface area contributed by atoms with Crippen molar-refractivity contribution in [2.75, 3.05) is 0 Å². The number of nitro benzene ring substituents is 1. The van der Waals surface area contributed by atoms with E-state index in [2.05, 4.69) is 10.2 Å². The molecule has 0 fully saturated rings. The van der Waals surface area contributed by atoms with Gasteiger partial charge in [-0.15, -0.1) is 10.2 Å². The maximum atomic E-state index is 10.8. The number of non-ortho nitro benzene ring substituents is 1. The Morgan fingerprint density at radius 2 is 2.16 bits per heavy atom. The van der Waals surface area contributed by atoms with Crippen molar-refractivity contribution in [1.29, 1.82) is 0 Å². The van der Waals surface area contributed by atoms with Gasteiger partial charge in [0.15, 0.2) is 11.6 Å². The fourth-order valence-corrected chi connectivity index (χ4v) is 1.95. The van der Waals surface area contributed by atoms with Crippen molar-refractivity contribution in [3.8, 4) is 11.4 Å². The van der Waals surface area contributed by atoms with Crippen LogP contribution in [-0.2, 0) is 13.2 Å². The minimum Gasteiger partial charge on any atom is -0.388 e. The zero-order valence-corrected chi connectivity index (χ0v) is 10.7. The molecule has 0 atom stereocenters. The summed E-state index contributed by atoms with van der Waals surface area (Å²) in [7, 11) is 0. The Balaban J connectivity index is 2.61. The van der Waals surface area contributed by atoms with Crippen LogP contribution in [0.25, 0.3) is 11.4 Å². The maximum Gasteiger partial charge on any atom is 0.270 e. The molecular formula is C12H14N4O3. The van der Waals surface area contributed by atoms with Crippen molar-refractivity contribution < 1.29 is 10.0 Å². The summed E-state index contributed by atoms with van der Waals surface area (Å²) < 4.78 is 1.74. The van der Waals surface area contributed by atoms with Crippen LogP contribution in [0.1, 0.15) is 18.3 Å². The highest BCUT2D eigenvalue weighted by molar-refractivity contribution is 5.64. The van der Waals surface area contributed by atoms with E-state index < -0.39 is 4.92 Å². The van der Waals surface area contributed by atoms with E-state index >= 15 is 0 Å². The third-order valence-electron chi connectivity index (χ3n) is 2.96. The predicted octanol–water partition coefficient (Wildman–Crippen LogP) is 1.67. The van der Waals surface area contributed by atoms with Gasteiger partial charge in [-0.25, -0.2) is 0 Å². The second-order valence-electron chi connectivity index (χ2n) is 4.10. The Hall–Kier alpha value is -2.28. The molecule has 7 heteroatoms. The largest absolute Gasteiger partial charge is 0.388 e. The van der Waals surface area contributed by atoms with Gasteiger partial charge in [-0.05, 0) is 19.4 Å². The minimum atomic E-state index is -0.442. The highest BCUT2D eigenvalue weighted by atomic mass is 16.6. The number of hydrogen-bond acceptors (Lipinski definition) is 5. The lowest BCUT2D eigenvalue weighted by molar-refractivity contribution is -0.384. The molecule has 0 amide bonds. The first kappa shape index (κ1) is 13.2. The fourth-order valence-electron chi connectivity index (χ4n) is 1.95. The van der Waals surface area contributed by atoms with Gasteiger partial charge in [0.05, 0.1) is 4.92 Å². The molecule has 7 nitrogen and oxygen atoms in total. The summed E-state index contributed by atoms with van der Waals surface area (Å²) in [5.74, 6) is 0.983. The van der Waals surface area contributed by atoms with E-state index in [1.165, 1.54) is 12.1 Å². The van der Waals surface area contributed by atoms with Crippen LogP contribution in [0.2, 0.25) is 0 Å². The van der Waals surface area contributed by atoms with Crippen molar-refractivity contribution in [3.63, 3.8) is 0 Å². The fraction of sp³-hybridized carbons (Fsp3) is 0.333. The van der Waals surface area contributed by atoms with Gasteiger partial charge < -0.3 is 9.67 Å². The number of aliphatic hydroxyl groups is 1. The Kier molecular flexibility index (Phi) is 3.57. The topological polar surface area (TPSA) is 94.1 Å². The lowest BCUT2D eigenvalue weighted by Crippen LogP contribution is -2.04. The van der Waals surface area contributed by atoms with Crippen LogP contribution < -0.4 is 0 Å². The van der Waals surface area contributed by atoms with Crippen LogP contribution in [0.4, 0.5) is 5.69 Å². The molecule has 0 aliphatic rings. The van der Waals surface area contributed by atoms with E-state index in [1.807, 2.05) is 13.8 Å². The van der Waals surface area contributed by atoms with Crippen LogP contribution in [0.3, 0.4) is 0 Å². The molecule has 2 rings (SSSR count). The standard InChI is InChI=1S/C12H14N4O3/c1-3-15-11(7-17)13-14-12(15)10-6-9(16(18)19)5-4-8(10)2/h4-6,17H,3,7H2,1-2H3. The molecule has 1 aromatic heterocycles. The highest BCUT2D eigenvalue weighted by Crippen LogP contribution is 2.26. The van der Waals surface area contributed by atoms with Crippen molar-refractivity contribution in [2.45, 2.75) is 27.0 Å². The summed E-state index contributed by atoms with van der Waals surface area (Å²) in [5, 5.41) is 27.9. The molecule has 0 spiro atoms. The number of nitrogens with zero attached hydrogens (tertiary/aromatic N) is 4. The number of nitro groups is 1. The summed E-state index contributed by atoms with van der Waals surface area (Å²) in [6, 6.07) is 4.62. The average molecular weight is 262 g/mol. The lowest BCUT2D eigenvalue weighted by Gasteiger charge is -2.08. The Labute approximate surface area is 109 Å². The third-order valence-corrected chi connectivity index (χ3v) is 2.96. The first-order valence-corrected chi connectivity index (χ1v) is 5.86. The number of hydrogen-bond donors (Lipinski definition) is 1. The van der Waals surface area contributed by atoms with Crippen LogP contribution in [0, 0.1) is 17.0 Å². The Bertz CT molecular complexity index is 621. The molecule has 0 saturated carbocycles. The van der Waals surface area contributed by atoms with Crippen molar-refractivity contribution in [1.82, 2.24) is 14.8 Å². The molecular weight excluding hydrogens is 248 g/mol. The SMILES string of the molecule is CCn1c(CO)nnc1-c1cc([N+](=O)[O-])ccc1C. The number of aromatic nitrogens is 3. The number of aliphatic hydroxyl groups excluding tert-OH is 1. The highest BCUT2D eigenvalue weighted by Gasteiger charge is 2.17. The Morgan fingerprint density at radius 1 is 1.42 bits per heavy atom. The zero-order chi connectivity index (χ0) is 14.0. The van der Waals surface area contributed by atoms with Gasteiger partial charge in [0.25, 0.3) is 5.69 Å². The van der Waals surface area contributed by atoms with Crippen molar-refractivity contribution >= 4 is 5.69 Å². The molecule has 1 aromatic carbocycles. The van der Waals surface area contributed by atoms with Gasteiger partial charge in [-0.2, -0.15) is 0 Å². The quantitative estimate of drug-likeness (QED) is 0.668. The molecule has 19 heavy (non-hydrogen) atoms. The molecule has 2 aromatic rings. The summed E-state index contributed by atoms with van der Waals surface area (Å²) in [4.78, 5) is 10.4. The van der Waals surface area contributed by atoms with Crippen LogP contribution in [0.15, 0.2) is 18.2 Å². The van der Waals surface area contributed by atoms with Crippen LogP contribution >= 0.6 is 0 Å². The van der Waals surface area contributed by atoms with E-state index in [-0.39, 0.29) is 12.3 Å². The van der Waals surface area contributed by atoms with E-state index in [0.717, 1.165) is 5.56 Å². The lowest BCUT2D eigenvalue weighted by atomic mass is 10.1. The van der Waals surface area contributed by atoms with Gasteiger partial charge >= 0.3 is 0 Å². The molecule has 0 saturated heterocycles. The van der Waals surface area contributed by atoms with E-state index in [0.29, 0.717) is 23.8 Å². The molecule has 0 radical (unpaired) electrons. The second kappa shape index (κ2) is 5.15. The molecule has 0 unspecified atom stereocenters. The molecule has 1 N–H and O–H groups in total. The number of rotatable bonds is 4. The van der Waals surface area contributed by atoms with E-state index in [4.69, 9.17) is 0 Å². The summed E-state index contributed by atoms with van der Waals surface area (Å²) in [6.45, 7) is 4.13. The first-order valence-electron chi connectivity index (χ1n) is 5.86. The summed E-state index contributed by atoms with van der Waals surface area (Å²) in [5.41, 5.74) is 1.54. The van der Waals surface area contributed by atoms with Crippen molar-refractivity contribution in [2.24, 2.45) is 0 Å². The third kappa shape index (κ3) is 2.32. The second-order valence-corrected chi connectivity index (χ2v) is 4.10. The van der Waals surface area contributed by atoms with Crippen LogP contribution in [0.5, 0.6) is 0 Å². The minimum absolute atomic E-state index is 0.0109. The molecule has 0 bridgehead atoms. The van der Waals surface area contributed by atoms with E-state index in [9.17, 15) is 15.2 Å². The monoisotopic (exact) mass is 262 g/mol. The molecule has 0 aliphatic carbocycles. The van der Waals surface area contributed by atoms with Gasteiger partial charge in [-0.3, -0.25) is 10.1 Å². The molecule has 1 heterocycles. The summed E-state index contributed by atoms with van der Waals surface area (Å²) >= 11 is 0. The smallest absolute Gasteiger partial charge is 0.270 e. The predicted molar refractivity (Wildman–Crippen MR) is 68.4 cm³/mol. The normalized spacial score (nSPS) is 10.7. The number of benzene rings is 1.